The van der Waals surface area contributed by atoms with Gasteiger partial charge in [-0.15, -0.1) is 12.4 Å². The fourth-order valence-electron chi connectivity index (χ4n) is 3.08. The van der Waals surface area contributed by atoms with Crippen LogP contribution >= 0.6 is 12.4 Å². The lowest BCUT2D eigenvalue weighted by atomic mass is 9.94. The standard InChI is InChI=1S/C18H26F3N3O.ClH/c1-2-16(14-5-3-6-15(13-14)18(19,20)21)17(25)23-7-4-10-24-11-8-22-9-12-24;/h3,5-6,13,16,22H,2,4,7-12H2,1H3,(H,23,25);1H. The number of halogens is 4. The van der Waals surface area contributed by atoms with Gasteiger partial charge in [-0.1, -0.05) is 25.1 Å². The molecule has 1 aromatic rings. The summed E-state index contributed by atoms with van der Waals surface area (Å²) >= 11 is 0. The first-order chi connectivity index (χ1) is 11.9. The van der Waals surface area contributed by atoms with E-state index in [2.05, 4.69) is 15.5 Å². The van der Waals surface area contributed by atoms with Gasteiger partial charge in [0.2, 0.25) is 5.91 Å². The minimum atomic E-state index is -4.39. The molecule has 1 aliphatic heterocycles. The maximum Gasteiger partial charge on any atom is 0.416 e. The molecule has 0 aliphatic carbocycles. The van der Waals surface area contributed by atoms with Crippen molar-refractivity contribution in [2.75, 3.05) is 39.3 Å². The van der Waals surface area contributed by atoms with E-state index >= 15 is 0 Å². The number of hydrogen-bond acceptors (Lipinski definition) is 3. The first-order valence-corrected chi connectivity index (χ1v) is 8.79. The van der Waals surface area contributed by atoms with Crippen molar-refractivity contribution in [1.29, 1.82) is 0 Å². The second-order valence-electron chi connectivity index (χ2n) is 6.32. The van der Waals surface area contributed by atoms with Crippen LogP contribution in [0, 0.1) is 0 Å². The van der Waals surface area contributed by atoms with Crippen LogP contribution in [0.4, 0.5) is 13.2 Å². The first kappa shape index (κ1) is 22.7. The zero-order chi connectivity index (χ0) is 18.3. The lowest BCUT2D eigenvalue weighted by Gasteiger charge is -2.27. The Labute approximate surface area is 158 Å². The summed E-state index contributed by atoms with van der Waals surface area (Å²) in [6.07, 6.45) is -3.09. The Kier molecular flexibility index (Phi) is 9.39. The minimum absolute atomic E-state index is 0. The highest BCUT2D eigenvalue weighted by Crippen LogP contribution is 2.31. The number of carbonyl (C=O) groups excluding carboxylic acids is 1. The largest absolute Gasteiger partial charge is 0.416 e. The lowest BCUT2D eigenvalue weighted by molar-refractivity contribution is -0.137. The van der Waals surface area contributed by atoms with Crippen molar-refractivity contribution in [2.24, 2.45) is 0 Å². The summed E-state index contributed by atoms with van der Waals surface area (Å²) in [4.78, 5) is 14.7. The van der Waals surface area contributed by atoms with Gasteiger partial charge >= 0.3 is 6.18 Å². The third kappa shape index (κ3) is 6.78. The van der Waals surface area contributed by atoms with Gasteiger partial charge in [-0.3, -0.25) is 4.79 Å². The van der Waals surface area contributed by atoms with E-state index in [4.69, 9.17) is 0 Å². The van der Waals surface area contributed by atoms with Gasteiger partial charge in [0.05, 0.1) is 11.5 Å². The fraction of sp³-hybridized carbons (Fsp3) is 0.611. The fourth-order valence-corrected chi connectivity index (χ4v) is 3.08. The molecule has 2 rings (SSSR count). The molecule has 1 aromatic carbocycles. The number of carbonyl (C=O) groups is 1. The molecule has 0 spiro atoms. The van der Waals surface area contributed by atoms with E-state index in [1.165, 1.54) is 6.07 Å². The van der Waals surface area contributed by atoms with Crippen molar-refractivity contribution in [1.82, 2.24) is 15.5 Å². The topological polar surface area (TPSA) is 44.4 Å². The van der Waals surface area contributed by atoms with Crippen molar-refractivity contribution >= 4 is 18.3 Å². The van der Waals surface area contributed by atoms with Crippen LogP contribution in [-0.4, -0.2) is 50.1 Å². The summed E-state index contributed by atoms with van der Waals surface area (Å²) in [5.41, 5.74) is -0.299. The average molecular weight is 394 g/mol. The molecule has 1 aliphatic rings. The summed E-state index contributed by atoms with van der Waals surface area (Å²) in [5.74, 6) is -0.761. The van der Waals surface area contributed by atoms with Crippen molar-refractivity contribution in [3.63, 3.8) is 0 Å². The van der Waals surface area contributed by atoms with Crippen molar-refractivity contribution < 1.29 is 18.0 Å². The van der Waals surface area contributed by atoms with Crippen LogP contribution in [0.25, 0.3) is 0 Å². The molecule has 148 valence electrons. The second-order valence-corrected chi connectivity index (χ2v) is 6.32. The summed E-state index contributed by atoms with van der Waals surface area (Å²) in [5, 5.41) is 6.16. The number of nitrogens with one attached hydrogen (secondary N) is 2. The van der Waals surface area contributed by atoms with E-state index in [0.717, 1.165) is 51.3 Å². The number of hydrogen-bond donors (Lipinski definition) is 2. The number of nitrogens with zero attached hydrogens (tertiary/aromatic N) is 1. The second kappa shape index (κ2) is 10.7. The van der Waals surface area contributed by atoms with Crippen molar-refractivity contribution in [2.45, 2.75) is 31.9 Å². The number of benzene rings is 1. The highest BCUT2D eigenvalue weighted by atomic mass is 35.5. The van der Waals surface area contributed by atoms with Gasteiger partial charge in [0.15, 0.2) is 0 Å². The van der Waals surface area contributed by atoms with E-state index in [-0.39, 0.29) is 18.3 Å². The molecule has 1 unspecified atom stereocenters. The van der Waals surface area contributed by atoms with Crippen LogP contribution in [0.15, 0.2) is 24.3 Å². The molecule has 0 aromatic heterocycles. The molecule has 26 heavy (non-hydrogen) atoms. The molecule has 1 saturated heterocycles. The monoisotopic (exact) mass is 393 g/mol. The summed E-state index contributed by atoms with van der Waals surface area (Å²) in [7, 11) is 0. The Hall–Kier alpha value is -1.31. The van der Waals surface area contributed by atoms with E-state index < -0.39 is 17.7 Å². The van der Waals surface area contributed by atoms with Gasteiger partial charge in [-0.05, 0) is 31.0 Å². The smallest absolute Gasteiger partial charge is 0.356 e. The SMILES string of the molecule is CCC(C(=O)NCCCN1CCNCC1)c1cccc(C(F)(F)F)c1.Cl. The number of alkyl halides is 3. The minimum Gasteiger partial charge on any atom is -0.356 e. The van der Waals surface area contributed by atoms with Crippen LogP contribution in [0.5, 0.6) is 0 Å². The zero-order valence-corrected chi connectivity index (χ0v) is 15.8. The quantitative estimate of drug-likeness (QED) is 0.700. The predicted molar refractivity (Wildman–Crippen MR) is 98.7 cm³/mol. The normalized spacial score (nSPS) is 16.6. The summed E-state index contributed by atoms with van der Waals surface area (Å²) in [6, 6.07) is 5.05. The van der Waals surface area contributed by atoms with E-state index in [1.54, 1.807) is 6.07 Å². The van der Waals surface area contributed by atoms with Crippen molar-refractivity contribution in [3.05, 3.63) is 35.4 Å². The van der Waals surface area contributed by atoms with E-state index in [1.807, 2.05) is 6.92 Å². The maximum absolute atomic E-state index is 12.9. The molecule has 0 bridgehead atoms. The van der Waals surface area contributed by atoms with Crippen molar-refractivity contribution in [3.8, 4) is 0 Å². The highest BCUT2D eigenvalue weighted by molar-refractivity contribution is 5.85. The maximum atomic E-state index is 12.9. The first-order valence-electron chi connectivity index (χ1n) is 8.79. The molecule has 0 saturated carbocycles. The Morgan fingerprint density at radius 1 is 1.31 bits per heavy atom. The van der Waals surface area contributed by atoms with Gasteiger partial charge in [-0.2, -0.15) is 13.2 Å². The molecule has 2 N–H and O–H groups in total. The summed E-state index contributed by atoms with van der Waals surface area (Å²) in [6.45, 7) is 7.26. The van der Waals surface area contributed by atoms with E-state index in [0.29, 0.717) is 18.5 Å². The Morgan fingerprint density at radius 3 is 2.62 bits per heavy atom. The van der Waals surface area contributed by atoms with E-state index in [9.17, 15) is 18.0 Å². The van der Waals surface area contributed by atoms with Crippen LogP contribution in [0.3, 0.4) is 0 Å². The highest BCUT2D eigenvalue weighted by Gasteiger charge is 2.31. The van der Waals surface area contributed by atoms with Gasteiger partial charge in [0.1, 0.15) is 0 Å². The number of rotatable bonds is 7. The van der Waals surface area contributed by atoms with Gasteiger partial charge < -0.3 is 15.5 Å². The van der Waals surface area contributed by atoms with Crippen LogP contribution in [0.1, 0.15) is 36.8 Å². The Balaban J connectivity index is 0.00000338. The number of piperazine rings is 1. The molecule has 1 amide bonds. The molecule has 1 fully saturated rings. The molecule has 1 atom stereocenters. The van der Waals surface area contributed by atoms with Gasteiger partial charge in [0, 0.05) is 32.7 Å². The Bertz CT molecular complexity index is 563. The molecule has 0 radical (unpaired) electrons. The Morgan fingerprint density at radius 2 is 2.00 bits per heavy atom. The van der Waals surface area contributed by atoms with Crippen LogP contribution < -0.4 is 10.6 Å². The molecular formula is C18H27ClF3N3O. The third-order valence-corrected chi connectivity index (χ3v) is 4.50. The number of amides is 1. The summed E-state index contributed by atoms with van der Waals surface area (Å²) < 4.78 is 38.6. The molecule has 1 heterocycles. The molecular weight excluding hydrogens is 367 g/mol. The van der Waals surface area contributed by atoms with Gasteiger partial charge in [-0.25, -0.2) is 0 Å². The van der Waals surface area contributed by atoms with Crippen LogP contribution in [0.2, 0.25) is 0 Å². The predicted octanol–water partition coefficient (Wildman–Crippen LogP) is 3.03. The average Bonchev–Trinajstić information content (AvgIpc) is 2.60. The molecule has 4 nitrogen and oxygen atoms in total. The van der Waals surface area contributed by atoms with Crippen LogP contribution in [-0.2, 0) is 11.0 Å². The zero-order valence-electron chi connectivity index (χ0n) is 14.9. The lowest BCUT2D eigenvalue weighted by Crippen LogP contribution is -2.44. The van der Waals surface area contributed by atoms with Gasteiger partial charge in [0.25, 0.3) is 0 Å². The third-order valence-electron chi connectivity index (χ3n) is 4.50. The molecule has 8 heteroatoms.